The summed E-state index contributed by atoms with van der Waals surface area (Å²) in [5.74, 6) is -1.88. The molecule has 0 saturated heterocycles. The zero-order valence-electron chi connectivity index (χ0n) is 21.8. The smallest absolute Gasteiger partial charge is 0.393 e. The highest BCUT2D eigenvalue weighted by molar-refractivity contribution is 5.88. The summed E-state index contributed by atoms with van der Waals surface area (Å²) in [7, 11) is 1.46. The van der Waals surface area contributed by atoms with Crippen LogP contribution in [0.4, 0.5) is 0 Å². The van der Waals surface area contributed by atoms with Crippen molar-refractivity contribution in [2.45, 2.75) is 79.1 Å². The van der Waals surface area contributed by atoms with E-state index in [1.54, 1.807) is 26.8 Å². The highest BCUT2D eigenvalue weighted by Gasteiger charge is 2.42. The van der Waals surface area contributed by atoms with E-state index < -0.39 is 35.6 Å². The Hall–Kier alpha value is -2.71. The Morgan fingerprint density at radius 3 is 2.57 bits per heavy atom. The van der Waals surface area contributed by atoms with Crippen LogP contribution in [0.1, 0.15) is 66.5 Å². The minimum absolute atomic E-state index is 0.130. The summed E-state index contributed by atoms with van der Waals surface area (Å²) in [6, 6.07) is 0. The average molecular weight is 490 g/mol. The van der Waals surface area contributed by atoms with Gasteiger partial charge >= 0.3 is 12.0 Å². The van der Waals surface area contributed by atoms with Crippen LogP contribution in [-0.2, 0) is 14.3 Å². The number of allylic oxidation sites excluding steroid dienone is 2. The van der Waals surface area contributed by atoms with E-state index in [2.05, 4.69) is 4.98 Å². The summed E-state index contributed by atoms with van der Waals surface area (Å²) >= 11 is 0. The number of aliphatic hydroxyl groups is 2. The Morgan fingerprint density at radius 1 is 1.26 bits per heavy atom. The third-order valence-electron chi connectivity index (χ3n) is 6.69. The molecule has 0 fully saturated rings. The lowest BCUT2D eigenvalue weighted by Gasteiger charge is -2.34. The van der Waals surface area contributed by atoms with Gasteiger partial charge < -0.3 is 24.1 Å². The molecule has 194 valence electrons. The summed E-state index contributed by atoms with van der Waals surface area (Å²) < 4.78 is 15.9. The second-order valence-electron chi connectivity index (χ2n) is 9.97. The number of carbonyl (C=O) groups is 2. The van der Waals surface area contributed by atoms with Gasteiger partial charge in [0.15, 0.2) is 0 Å². The van der Waals surface area contributed by atoms with Crippen LogP contribution in [0.2, 0.25) is 0 Å². The Kier molecular flexibility index (Phi) is 10.0. The first-order valence-corrected chi connectivity index (χ1v) is 12.0. The molecule has 0 aliphatic carbocycles. The number of Topliss-reactive ketones (excluding diaryl/α,β-unsaturated/α-hetero) is 1. The van der Waals surface area contributed by atoms with E-state index in [4.69, 9.17) is 13.9 Å². The maximum atomic E-state index is 13.1. The molecule has 35 heavy (non-hydrogen) atoms. The Balaban J connectivity index is 2.37. The number of aromatic nitrogens is 1. The third-order valence-corrected chi connectivity index (χ3v) is 6.69. The van der Waals surface area contributed by atoms with Crippen LogP contribution in [0.3, 0.4) is 0 Å². The summed E-state index contributed by atoms with van der Waals surface area (Å²) in [6.07, 6.45) is 7.18. The zero-order chi connectivity index (χ0) is 26.3. The summed E-state index contributed by atoms with van der Waals surface area (Å²) in [6.45, 7) is 10.5. The van der Waals surface area contributed by atoms with Crippen LogP contribution in [0.25, 0.3) is 6.08 Å². The van der Waals surface area contributed by atoms with Gasteiger partial charge in [0.25, 0.3) is 0 Å². The predicted molar refractivity (Wildman–Crippen MR) is 132 cm³/mol. The van der Waals surface area contributed by atoms with Gasteiger partial charge in [0.1, 0.15) is 23.8 Å². The molecule has 0 amide bonds. The normalized spacial score (nSPS) is 29.5. The summed E-state index contributed by atoms with van der Waals surface area (Å²) in [5, 5.41) is 21.5. The quantitative estimate of drug-likeness (QED) is 0.477. The number of methoxy groups -OCH3 is 1. The molecule has 1 aromatic rings. The van der Waals surface area contributed by atoms with Gasteiger partial charge in [-0.2, -0.15) is 4.98 Å². The SMILES string of the molecule is COc1nc(C=C(C)[C@@H]2CC=C(C)CC=C[C@H](C)[C@H](O)[C@@H](C)C(=O)C(C)(C)[C@@H](O)CC(=O)O2)co1. The fourth-order valence-corrected chi connectivity index (χ4v) is 4.04. The fraction of sp³-hybridized carbons (Fsp3) is 0.593. The largest absolute Gasteiger partial charge is 0.457 e. The lowest BCUT2D eigenvalue weighted by atomic mass is 9.73. The van der Waals surface area contributed by atoms with Crippen molar-refractivity contribution >= 4 is 17.8 Å². The first kappa shape index (κ1) is 28.5. The molecule has 0 bridgehead atoms. The second-order valence-corrected chi connectivity index (χ2v) is 9.97. The molecular weight excluding hydrogens is 450 g/mol. The number of ether oxygens (including phenoxy) is 2. The Labute approximate surface area is 207 Å². The van der Waals surface area contributed by atoms with Crippen molar-refractivity contribution in [2.24, 2.45) is 17.3 Å². The number of aliphatic hydroxyl groups excluding tert-OH is 2. The average Bonchev–Trinajstić information content (AvgIpc) is 3.26. The third kappa shape index (κ3) is 7.64. The van der Waals surface area contributed by atoms with E-state index >= 15 is 0 Å². The van der Waals surface area contributed by atoms with Crippen molar-refractivity contribution in [1.29, 1.82) is 0 Å². The molecule has 0 radical (unpaired) electrons. The number of rotatable bonds is 3. The number of esters is 1. The minimum atomic E-state index is -1.27. The standard InChI is InChI=1S/C27H39NO7/c1-16-9-8-10-17(2)24(31)19(4)25(32)27(5,6)22(29)14-23(30)35-21(12-11-16)18(3)13-20-15-34-26(28-20)33-7/h8,10-11,13,15,17,19,21-22,24,29,31H,9,12,14H2,1-7H3/t17-,19+,21-,22-,24-/m0/s1. The number of oxazole rings is 1. The van der Waals surface area contributed by atoms with Crippen molar-refractivity contribution in [3.8, 4) is 6.08 Å². The molecule has 2 heterocycles. The molecule has 5 atom stereocenters. The number of ketones is 1. The van der Waals surface area contributed by atoms with Gasteiger partial charge in [0.2, 0.25) is 0 Å². The number of nitrogens with zero attached hydrogens (tertiary/aromatic N) is 1. The van der Waals surface area contributed by atoms with E-state index in [9.17, 15) is 19.8 Å². The van der Waals surface area contributed by atoms with E-state index in [0.29, 0.717) is 18.5 Å². The van der Waals surface area contributed by atoms with Crippen LogP contribution in [0.15, 0.2) is 40.1 Å². The first-order chi connectivity index (χ1) is 16.4. The topological polar surface area (TPSA) is 119 Å². The van der Waals surface area contributed by atoms with Crippen molar-refractivity contribution < 1.29 is 33.7 Å². The fourth-order valence-electron chi connectivity index (χ4n) is 4.04. The van der Waals surface area contributed by atoms with Crippen LogP contribution in [0.5, 0.6) is 6.08 Å². The number of hydrogen-bond acceptors (Lipinski definition) is 8. The van der Waals surface area contributed by atoms with Gasteiger partial charge in [-0.15, -0.1) is 0 Å². The van der Waals surface area contributed by atoms with Gasteiger partial charge in [0, 0.05) is 18.3 Å². The van der Waals surface area contributed by atoms with Crippen LogP contribution in [0, 0.1) is 17.3 Å². The summed E-state index contributed by atoms with van der Waals surface area (Å²) in [5.41, 5.74) is 1.09. The van der Waals surface area contributed by atoms with E-state index in [1.165, 1.54) is 13.4 Å². The molecule has 2 N–H and O–H groups in total. The minimum Gasteiger partial charge on any atom is -0.457 e. The number of cyclic esters (lactones) is 1. The molecule has 1 aliphatic rings. The monoisotopic (exact) mass is 489 g/mol. The number of carbonyl (C=O) groups excluding carboxylic acids is 2. The van der Waals surface area contributed by atoms with Crippen LogP contribution < -0.4 is 4.74 Å². The highest BCUT2D eigenvalue weighted by Crippen LogP contribution is 2.31. The van der Waals surface area contributed by atoms with Crippen molar-refractivity contribution in [2.75, 3.05) is 7.11 Å². The lowest BCUT2D eigenvalue weighted by Crippen LogP contribution is -2.45. The predicted octanol–water partition coefficient (Wildman–Crippen LogP) is 4.27. The Morgan fingerprint density at radius 2 is 1.94 bits per heavy atom. The van der Waals surface area contributed by atoms with Crippen LogP contribution in [-0.4, -0.2) is 52.4 Å². The highest BCUT2D eigenvalue weighted by atomic mass is 16.6. The van der Waals surface area contributed by atoms with Gasteiger partial charge in [-0.3, -0.25) is 9.59 Å². The Bertz CT molecular complexity index is 972. The molecule has 0 saturated carbocycles. The van der Waals surface area contributed by atoms with Crippen molar-refractivity contribution in [3.63, 3.8) is 0 Å². The molecule has 0 aromatic carbocycles. The molecule has 0 spiro atoms. The van der Waals surface area contributed by atoms with E-state index in [0.717, 1.165) is 11.1 Å². The van der Waals surface area contributed by atoms with Gasteiger partial charge in [-0.25, -0.2) is 0 Å². The molecule has 2 rings (SSSR count). The maximum Gasteiger partial charge on any atom is 0.393 e. The molecule has 1 aliphatic heterocycles. The summed E-state index contributed by atoms with van der Waals surface area (Å²) in [4.78, 5) is 30.1. The van der Waals surface area contributed by atoms with E-state index in [-0.39, 0.29) is 24.2 Å². The van der Waals surface area contributed by atoms with Gasteiger partial charge in [-0.05, 0) is 31.9 Å². The first-order valence-electron chi connectivity index (χ1n) is 12.0. The zero-order valence-corrected chi connectivity index (χ0v) is 21.8. The maximum absolute atomic E-state index is 13.1. The second kappa shape index (κ2) is 12.3. The van der Waals surface area contributed by atoms with Gasteiger partial charge in [-0.1, -0.05) is 51.5 Å². The van der Waals surface area contributed by atoms with Crippen LogP contribution >= 0.6 is 0 Å². The van der Waals surface area contributed by atoms with Crippen molar-refractivity contribution in [3.05, 3.63) is 41.3 Å². The molecule has 8 nitrogen and oxygen atoms in total. The molecular formula is C27H39NO7. The van der Waals surface area contributed by atoms with E-state index in [1.807, 2.05) is 39.0 Å². The molecule has 8 heteroatoms. The molecule has 0 unspecified atom stereocenters. The lowest BCUT2D eigenvalue weighted by molar-refractivity contribution is -0.154. The molecule has 1 aromatic heterocycles. The van der Waals surface area contributed by atoms with Crippen molar-refractivity contribution in [1.82, 2.24) is 4.98 Å². The number of hydrogen-bond donors (Lipinski definition) is 2. The van der Waals surface area contributed by atoms with Gasteiger partial charge in [0.05, 0.1) is 31.2 Å².